The number of hydrogen-bond acceptors (Lipinski definition) is 4. The van der Waals surface area contributed by atoms with E-state index in [1.165, 1.54) is 4.90 Å². The van der Waals surface area contributed by atoms with Crippen molar-refractivity contribution >= 4 is 33.4 Å². The van der Waals surface area contributed by atoms with Crippen LogP contribution < -0.4 is 4.74 Å². The van der Waals surface area contributed by atoms with Gasteiger partial charge in [-0.1, -0.05) is 53.7 Å². The number of likely N-dealkylation sites (tertiary alicyclic amines) is 1. The van der Waals surface area contributed by atoms with Crippen LogP contribution in [0.3, 0.4) is 0 Å². The minimum Gasteiger partial charge on any atom is -0.507 e. The number of carbonyl (C=O) groups is 2. The maximum atomic E-state index is 12.9. The molecule has 1 fully saturated rings. The molecule has 1 aliphatic heterocycles. The predicted octanol–water partition coefficient (Wildman–Crippen LogP) is 5.15. The Morgan fingerprint density at radius 3 is 2.70 bits per heavy atom. The Balaban J connectivity index is 2.16. The van der Waals surface area contributed by atoms with Crippen molar-refractivity contribution in [2.45, 2.75) is 26.3 Å². The molecule has 2 aromatic rings. The maximum Gasteiger partial charge on any atom is 0.295 e. The van der Waals surface area contributed by atoms with Crippen molar-refractivity contribution in [3.63, 3.8) is 0 Å². The van der Waals surface area contributed by atoms with Crippen LogP contribution in [-0.4, -0.2) is 34.8 Å². The van der Waals surface area contributed by atoms with Crippen LogP contribution in [0, 0.1) is 6.92 Å². The zero-order valence-corrected chi connectivity index (χ0v) is 18.6. The zero-order chi connectivity index (χ0) is 21.8. The Labute approximate surface area is 184 Å². The summed E-state index contributed by atoms with van der Waals surface area (Å²) < 4.78 is 6.52. The minimum absolute atomic E-state index is 0.0936. The highest BCUT2D eigenvalue weighted by molar-refractivity contribution is 9.10. The number of aliphatic hydroxyl groups excluding tert-OH is 1. The SMILES string of the molecule is C=CCOc1cccc(C2/C(=C(/O)c3ccc(Br)c(C)c3)C(=O)C(=O)N2CCC)c1. The average molecular weight is 470 g/mol. The van der Waals surface area contributed by atoms with Crippen LogP contribution in [0.1, 0.15) is 36.1 Å². The van der Waals surface area contributed by atoms with Gasteiger partial charge >= 0.3 is 0 Å². The van der Waals surface area contributed by atoms with Crippen molar-refractivity contribution < 1.29 is 19.4 Å². The minimum atomic E-state index is -0.679. The molecule has 1 N–H and O–H groups in total. The Morgan fingerprint density at radius 1 is 1.27 bits per heavy atom. The summed E-state index contributed by atoms with van der Waals surface area (Å²) in [6, 6.07) is 11.9. The molecule has 0 aliphatic carbocycles. The van der Waals surface area contributed by atoms with Gasteiger partial charge in [0.1, 0.15) is 18.1 Å². The van der Waals surface area contributed by atoms with E-state index in [1.54, 1.807) is 30.3 Å². The molecule has 0 radical (unpaired) electrons. The molecule has 2 aromatic carbocycles. The molecule has 1 heterocycles. The Hall–Kier alpha value is -2.86. The van der Waals surface area contributed by atoms with Crippen LogP contribution in [0.25, 0.3) is 5.76 Å². The first-order valence-electron chi connectivity index (χ1n) is 9.77. The van der Waals surface area contributed by atoms with E-state index in [0.717, 1.165) is 10.0 Å². The van der Waals surface area contributed by atoms with E-state index in [1.807, 2.05) is 32.0 Å². The molecule has 1 unspecified atom stereocenters. The van der Waals surface area contributed by atoms with E-state index in [9.17, 15) is 14.7 Å². The number of rotatable bonds is 7. The Bertz CT molecular complexity index is 1030. The van der Waals surface area contributed by atoms with E-state index < -0.39 is 17.7 Å². The number of carbonyl (C=O) groups excluding carboxylic acids is 2. The monoisotopic (exact) mass is 469 g/mol. The van der Waals surface area contributed by atoms with Gasteiger partial charge in [-0.25, -0.2) is 0 Å². The molecule has 5 nitrogen and oxygen atoms in total. The molecule has 3 rings (SSSR count). The number of ether oxygens (including phenoxy) is 1. The standard InChI is InChI=1S/C24H24BrNO4/c1-4-11-26-21(16-7-6-8-18(14-16)30-12-5-2)20(23(28)24(26)29)22(27)17-9-10-19(25)15(3)13-17/h5-10,13-14,21,27H,2,4,11-12H2,1,3H3/b22-20-. The predicted molar refractivity (Wildman–Crippen MR) is 120 cm³/mol. The topological polar surface area (TPSA) is 66.8 Å². The van der Waals surface area contributed by atoms with Gasteiger partial charge in [-0.2, -0.15) is 0 Å². The summed E-state index contributed by atoms with van der Waals surface area (Å²) in [5.41, 5.74) is 2.21. The molecule has 30 heavy (non-hydrogen) atoms. The molecule has 0 spiro atoms. The van der Waals surface area contributed by atoms with Crippen molar-refractivity contribution in [1.29, 1.82) is 0 Å². The van der Waals surface area contributed by atoms with Gasteiger partial charge in [0.25, 0.3) is 11.7 Å². The van der Waals surface area contributed by atoms with Crippen LogP contribution in [0.15, 0.2) is 65.2 Å². The van der Waals surface area contributed by atoms with E-state index in [0.29, 0.717) is 36.4 Å². The summed E-state index contributed by atoms with van der Waals surface area (Å²) in [7, 11) is 0. The molecule has 6 heteroatoms. The smallest absolute Gasteiger partial charge is 0.295 e. The number of amides is 1. The quantitative estimate of drug-likeness (QED) is 0.263. The van der Waals surface area contributed by atoms with Crippen molar-refractivity contribution in [3.8, 4) is 5.75 Å². The van der Waals surface area contributed by atoms with E-state index in [4.69, 9.17) is 4.74 Å². The van der Waals surface area contributed by atoms with Gasteiger partial charge in [0.15, 0.2) is 0 Å². The number of hydrogen-bond donors (Lipinski definition) is 1. The van der Waals surface area contributed by atoms with Gasteiger partial charge in [0.05, 0.1) is 11.6 Å². The third-order valence-electron chi connectivity index (χ3n) is 4.98. The van der Waals surface area contributed by atoms with E-state index in [-0.39, 0.29) is 11.3 Å². The molecular weight excluding hydrogens is 446 g/mol. The van der Waals surface area contributed by atoms with E-state index >= 15 is 0 Å². The lowest BCUT2D eigenvalue weighted by molar-refractivity contribution is -0.139. The molecule has 1 aliphatic rings. The summed E-state index contributed by atoms with van der Waals surface area (Å²) in [4.78, 5) is 27.2. The molecule has 156 valence electrons. The van der Waals surface area contributed by atoms with Gasteiger partial charge in [-0.3, -0.25) is 9.59 Å². The molecule has 1 saturated heterocycles. The van der Waals surface area contributed by atoms with Crippen LogP contribution in [0.4, 0.5) is 0 Å². The summed E-state index contributed by atoms with van der Waals surface area (Å²) in [5.74, 6) is -0.850. The number of benzene rings is 2. The Morgan fingerprint density at radius 2 is 2.03 bits per heavy atom. The number of nitrogens with zero attached hydrogens (tertiary/aromatic N) is 1. The largest absolute Gasteiger partial charge is 0.507 e. The van der Waals surface area contributed by atoms with Crippen LogP contribution in [0.5, 0.6) is 5.75 Å². The summed E-state index contributed by atoms with van der Waals surface area (Å²) in [6.45, 7) is 8.24. The second kappa shape index (κ2) is 9.30. The third-order valence-corrected chi connectivity index (χ3v) is 5.87. The van der Waals surface area contributed by atoms with Gasteiger partial charge in [0, 0.05) is 16.6 Å². The molecule has 0 bridgehead atoms. The fourth-order valence-electron chi connectivity index (χ4n) is 3.58. The van der Waals surface area contributed by atoms with Crippen molar-refractivity contribution in [1.82, 2.24) is 4.90 Å². The van der Waals surface area contributed by atoms with Gasteiger partial charge in [0.2, 0.25) is 0 Å². The highest BCUT2D eigenvalue weighted by atomic mass is 79.9. The van der Waals surface area contributed by atoms with Crippen LogP contribution >= 0.6 is 15.9 Å². The number of aryl methyl sites for hydroxylation is 1. The van der Waals surface area contributed by atoms with Crippen LogP contribution in [-0.2, 0) is 9.59 Å². The molecule has 1 amide bonds. The molecule has 1 atom stereocenters. The number of aliphatic hydroxyl groups is 1. The van der Waals surface area contributed by atoms with Crippen LogP contribution in [0.2, 0.25) is 0 Å². The van der Waals surface area contributed by atoms with Crippen molar-refractivity contribution in [3.05, 3.63) is 81.9 Å². The lowest BCUT2D eigenvalue weighted by atomic mass is 9.94. The van der Waals surface area contributed by atoms with Gasteiger partial charge in [-0.05, 0) is 48.7 Å². The molecule has 0 saturated carbocycles. The lowest BCUT2D eigenvalue weighted by Gasteiger charge is -2.25. The van der Waals surface area contributed by atoms with Gasteiger partial charge in [-0.15, -0.1) is 0 Å². The summed E-state index contributed by atoms with van der Waals surface area (Å²) in [6.07, 6.45) is 2.33. The lowest BCUT2D eigenvalue weighted by Crippen LogP contribution is -2.30. The number of ketones is 1. The van der Waals surface area contributed by atoms with Crippen molar-refractivity contribution in [2.75, 3.05) is 13.2 Å². The average Bonchev–Trinajstić information content (AvgIpc) is 2.99. The fourth-order valence-corrected chi connectivity index (χ4v) is 3.82. The first-order valence-corrected chi connectivity index (χ1v) is 10.6. The first kappa shape index (κ1) is 21.8. The highest BCUT2D eigenvalue weighted by Crippen LogP contribution is 2.40. The molecule has 0 aromatic heterocycles. The van der Waals surface area contributed by atoms with Gasteiger partial charge < -0.3 is 14.7 Å². The highest BCUT2D eigenvalue weighted by Gasteiger charge is 2.45. The number of halogens is 1. The van der Waals surface area contributed by atoms with E-state index in [2.05, 4.69) is 22.5 Å². The summed E-state index contributed by atoms with van der Waals surface area (Å²) >= 11 is 3.44. The van der Waals surface area contributed by atoms with Crippen molar-refractivity contribution in [2.24, 2.45) is 0 Å². The number of Topliss-reactive ketones (excluding diaryl/α,β-unsaturated/α-hetero) is 1. The first-order chi connectivity index (χ1) is 14.4. The normalized spacial score (nSPS) is 18.0. The third kappa shape index (κ3) is 4.19. The zero-order valence-electron chi connectivity index (χ0n) is 17.0. The molecular formula is C24H24BrNO4. The second-order valence-corrected chi connectivity index (χ2v) is 7.98. The summed E-state index contributed by atoms with van der Waals surface area (Å²) in [5, 5.41) is 11.1. The fraction of sp³-hybridized carbons (Fsp3) is 0.250. The Kier molecular flexibility index (Phi) is 6.77. The second-order valence-electron chi connectivity index (χ2n) is 7.13. The maximum absolute atomic E-state index is 12.9.